The summed E-state index contributed by atoms with van der Waals surface area (Å²) in [6, 6.07) is 13.6. The highest BCUT2D eigenvalue weighted by atomic mass is 32.2. The maximum atomic E-state index is 11.9. The number of thioether (sulfide) groups is 1. The molecule has 7 nitrogen and oxygen atoms in total. The van der Waals surface area contributed by atoms with E-state index in [1.54, 1.807) is 0 Å². The van der Waals surface area contributed by atoms with E-state index in [0.717, 1.165) is 16.9 Å². The Balaban J connectivity index is 1.54. The largest absolute Gasteiger partial charge is 0.490 e. The highest BCUT2D eigenvalue weighted by Crippen LogP contribution is 2.39. The molecule has 158 valence electrons. The molecular formula is C22H25N3O4S. The van der Waals surface area contributed by atoms with Gasteiger partial charge in [0.25, 0.3) is 0 Å². The minimum Gasteiger partial charge on any atom is -0.490 e. The highest BCUT2D eigenvalue weighted by Gasteiger charge is 2.32. The second-order valence-corrected chi connectivity index (χ2v) is 8.02. The summed E-state index contributed by atoms with van der Waals surface area (Å²) < 4.78 is 11.5. The smallest absolute Gasteiger partial charge is 0.241 e. The van der Waals surface area contributed by atoms with Crippen LogP contribution in [0.15, 0.2) is 47.6 Å². The van der Waals surface area contributed by atoms with Gasteiger partial charge in [-0.15, -0.1) is 5.10 Å². The van der Waals surface area contributed by atoms with Gasteiger partial charge in [0.2, 0.25) is 11.8 Å². The lowest BCUT2D eigenvalue weighted by atomic mass is 10.1. The standard InChI is InChI=1S/C22H25N3O4S/c1-14-5-10-20(15(2)13-14)29-12-11-28-19-8-6-18(7-9-19)21-25(17(4)27)24-22(30-21)23-16(3)26/h5-10,13,21H,11-12H2,1-4H3,(H,23,24,26)/t21-/m1/s1. The molecule has 1 heterocycles. The molecule has 3 rings (SSSR count). The fourth-order valence-electron chi connectivity index (χ4n) is 2.98. The Bertz CT molecular complexity index is 959. The van der Waals surface area contributed by atoms with Gasteiger partial charge in [-0.3, -0.25) is 9.59 Å². The minimum atomic E-state index is -0.328. The summed E-state index contributed by atoms with van der Waals surface area (Å²) in [6.45, 7) is 7.78. The van der Waals surface area contributed by atoms with Crippen molar-refractivity contribution in [2.75, 3.05) is 13.2 Å². The first-order valence-corrected chi connectivity index (χ1v) is 10.5. The van der Waals surface area contributed by atoms with Gasteiger partial charge in [0.05, 0.1) is 0 Å². The maximum Gasteiger partial charge on any atom is 0.241 e. The van der Waals surface area contributed by atoms with Gasteiger partial charge in [-0.2, -0.15) is 0 Å². The molecule has 0 aliphatic carbocycles. The predicted octanol–water partition coefficient (Wildman–Crippen LogP) is 3.76. The molecule has 2 amide bonds. The second-order valence-electron chi connectivity index (χ2n) is 6.96. The molecule has 1 atom stereocenters. The second kappa shape index (κ2) is 9.67. The molecular weight excluding hydrogens is 402 g/mol. The van der Waals surface area contributed by atoms with Crippen LogP contribution in [0.1, 0.15) is 35.9 Å². The molecule has 0 bridgehead atoms. The Kier molecular flexibility index (Phi) is 6.99. The summed E-state index contributed by atoms with van der Waals surface area (Å²) in [7, 11) is 0. The topological polar surface area (TPSA) is 80.2 Å². The number of amides is 2. The number of nitrogens with zero attached hydrogens (tertiary/aromatic N) is 2. The fourth-order valence-corrected chi connectivity index (χ4v) is 4.12. The molecule has 2 aromatic rings. The van der Waals surface area contributed by atoms with E-state index in [-0.39, 0.29) is 17.2 Å². The Morgan fingerprint density at radius 1 is 1.07 bits per heavy atom. The van der Waals surface area contributed by atoms with Crippen molar-refractivity contribution >= 4 is 28.7 Å². The molecule has 30 heavy (non-hydrogen) atoms. The highest BCUT2D eigenvalue weighted by molar-refractivity contribution is 8.14. The number of ether oxygens (including phenoxy) is 2. The summed E-state index contributed by atoms with van der Waals surface area (Å²) >= 11 is 1.32. The molecule has 0 saturated carbocycles. The van der Waals surface area contributed by atoms with Crippen molar-refractivity contribution in [3.8, 4) is 11.5 Å². The molecule has 8 heteroatoms. The van der Waals surface area contributed by atoms with Crippen LogP contribution in [-0.2, 0) is 9.59 Å². The van der Waals surface area contributed by atoms with Crippen molar-refractivity contribution in [3.63, 3.8) is 0 Å². The van der Waals surface area contributed by atoms with Gasteiger partial charge in [-0.25, -0.2) is 5.01 Å². The molecule has 0 fully saturated rings. The molecule has 0 saturated heterocycles. The van der Waals surface area contributed by atoms with Crippen LogP contribution >= 0.6 is 11.8 Å². The lowest BCUT2D eigenvalue weighted by Gasteiger charge is -2.19. The van der Waals surface area contributed by atoms with Gasteiger partial charge >= 0.3 is 0 Å². The van der Waals surface area contributed by atoms with Crippen LogP contribution in [0, 0.1) is 13.8 Å². The van der Waals surface area contributed by atoms with Crippen LogP contribution in [0.3, 0.4) is 0 Å². The monoisotopic (exact) mass is 427 g/mol. The predicted molar refractivity (Wildman–Crippen MR) is 117 cm³/mol. The van der Waals surface area contributed by atoms with Crippen LogP contribution in [0.4, 0.5) is 0 Å². The Labute approximate surface area is 180 Å². The van der Waals surface area contributed by atoms with Crippen molar-refractivity contribution in [1.29, 1.82) is 0 Å². The molecule has 0 spiro atoms. The maximum absolute atomic E-state index is 11.9. The van der Waals surface area contributed by atoms with Crippen molar-refractivity contribution < 1.29 is 19.1 Å². The van der Waals surface area contributed by atoms with Gasteiger partial charge in [0.15, 0.2) is 5.17 Å². The van der Waals surface area contributed by atoms with E-state index in [4.69, 9.17) is 9.47 Å². The first kappa shape index (κ1) is 21.7. The van der Waals surface area contributed by atoms with Crippen LogP contribution in [-0.4, -0.2) is 35.2 Å². The van der Waals surface area contributed by atoms with E-state index >= 15 is 0 Å². The lowest BCUT2D eigenvalue weighted by Crippen LogP contribution is -2.25. The number of amidine groups is 1. The summed E-state index contributed by atoms with van der Waals surface area (Å²) in [5, 5.41) is 8.27. The fraction of sp³-hybridized carbons (Fsp3) is 0.318. The van der Waals surface area contributed by atoms with E-state index in [9.17, 15) is 9.59 Å². The summed E-state index contributed by atoms with van der Waals surface area (Å²) in [4.78, 5) is 23.2. The van der Waals surface area contributed by atoms with Gasteiger partial charge in [-0.05, 0) is 43.2 Å². The normalized spacial score (nSPS) is 15.5. The van der Waals surface area contributed by atoms with Gasteiger partial charge in [0.1, 0.15) is 30.1 Å². The zero-order valence-corrected chi connectivity index (χ0v) is 18.3. The Morgan fingerprint density at radius 2 is 1.77 bits per heavy atom. The van der Waals surface area contributed by atoms with Gasteiger partial charge in [-0.1, -0.05) is 41.6 Å². The average molecular weight is 428 g/mol. The summed E-state index contributed by atoms with van der Waals surface area (Å²) in [5.74, 6) is 1.15. The van der Waals surface area contributed by atoms with Gasteiger partial charge in [0, 0.05) is 13.8 Å². The molecule has 2 aromatic carbocycles. The van der Waals surface area contributed by atoms with Crippen molar-refractivity contribution in [1.82, 2.24) is 10.3 Å². The number of hydrogen-bond donors (Lipinski definition) is 1. The quantitative estimate of drug-likeness (QED) is 0.710. The minimum absolute atomic E-state index is 0.197. The van der Waals surface area contributed by atoms with Crippen LogP contribution in [0.5, 0.6) is 11.5 Å². The number of carbonyl (C=O) groups excluding carboxylic acids is 2. The molecule has 0 radical (unpaired) electrons. The average Bonchev–Trinajstić information content (AvgIpc) is 3.10. The number of hydrazone groups is 1. The van der Waals surface area contributed by atoms with E-state index in [1.165, 1.54) is 36.2 Å². The first-order chi connectivity index (χ1) is 14.3. The molecule has 1 aliphatic heterocycles. The zero-order valence-electron chi connectivity index (χ0n) is 17.5. The number of rotatable bonds is 6. The number of hydrogen-bond acceptors (Lipinski definition) is 6. The summed E-state index contributed by atoms with van der Waals surface area (Å²) in [5.41, 5.74) is 3.19. The number of benzene rings is 2. The Morgan fingerprint density at radius 3 is 2.40 bits per heavy atom. The molecule has 1 aliphatic rings. The SMILES string of the molecule is CC(=O)NC1=NN(C(C)=O)[C@@H](c2ccc(OCCOc3ccc(C)cc3C)cc2)S1. The third kappa shape index (κ3) is 5.54. The van der Waals surface area contributed by atoms with Crippen molar-refractivity contribution in [2.24, 2.45) is 5.10 Å². The third-order valence-corrected chi connectivity index (χ3v) is 5.46. The molecule has 1 N–H and O–H groups in total. The summed E-state index contributed by atoms with van der Waals surface area (Å²) in [6.07, 6.45) is 0. The van der Waals surface area contributed by atoms with E-state index in [1.807, 2.05) is 43.3 Å². The third-order valence-electron chi connectivity index (χ3n) is 4.35. The lowest BCUT2D eigenvalue weighted by molar-refractivity contribution is -0.129. The van der Waals surface area contributed by atoms with Crippen LogP contribution in [0.25, 0.3) is 0 Å². The van der Waals surface area contributed by atoms with Crippen molar-refractivity contribution in [3.05, 3.63) is 59.2 Å². The van der Waals surface area contributed by atoms with Gasteiger partial charge < -0.3 is 14.8 Å². The number of carbonyl (C=O) groups is 2. The molecule has 0 unspecified atom stereocenters. The van der Waals surface area contributed by atoms with E-state index < -0.39 is 0 Å². The number of nitrogens with one attached hydrogen (secondary N) is 1. The Hall–Kier alpha value is -3.00. The first-order valence-electron chi connectivity index (χ1n) is 9.59. The van der Waals surface area contributed by atoms with Crippen LogP contribution in [0.2, 0.25) is 0 Å². The number of aryl methyl sites for hydroxylation is 2. The van der Waals surface area contributed by atoms with E-state index in [2.05, 4.69) is 23.4 Å². The van der Waals surface area contributed by atoms with E-state index in [0.29, 0.717) is 24.1 Å². The molecule has 0 aromatic heterocycles. The zero-order chi connectivity index (χ0) is 21.7. The van der Waals surface area contributed by atoms with Crippen LogP contribution < -0.4 is 14.8 Å². The van der Waals surface area contributed by atoms with Crippen molar-refractivity contribution in [2.45, 2.75) is 33.1 Å².